The third-order valence-corrected chi connectivity index (χ3v) is 6.16. The van der Waals surface area contributed by atoms with E-state index in [1.807, 2.05) is 0 Å². The highest BCUT2D eigenvalue weighted by Gasteiger charge is 2.54. The molecule has 0 aliphatic heterocycles. The highest BCUT2D eigenvalue weighted by atomic mass is 79.9. The van der Waals surface area contributed by atoms with E-state index in [2.05, 4.69) is 26.2 Å². The highest BCUT2D eigenvalue weighted by molar-refractivity contribution is 9.10. The lowest BCUT2D eigenvalue weighted by Crippen LogP contribution is -2.51. The van der Waals surface area contributed by atoms with Gasteiger partial charge in [0.05, 0.1) is 16.1 Å². The summed E-state index contributed by atoms with van der Waals surface area (Å²) in [5.41, 5.74) is -0.204. The van der Waals surface area contributed by atoms with Crippen LogP contribution in [0.4, 0.5) is 10.2 Å². The molecule has 1 heterocycles. The van der Waals surface area contributed by atoms with E-state index in [-0.39, 0.29) is 11.3 Å². The van der Waals surface area contributed by atoms with Gasteiger partial charge in [0.15, 0.2) is 0 Å². The number of carbonyl (C=O) groups excluding carboxylic acids is 1. The average Bonchev–Trinajstić information content (AvgIpc) is 2.40. The molecule has 1 aromatic rings. The van der Waals surface area contributed by atoms with Crippen molar-refractivity contribution >= 4 is 27.7 Å². The molecule has 0 aromatic carbocycles. The van der Waals surface area contributed by atoms with Gasteiger partial charge in [0.25, 0.3) is 0 Å². The number of nitrogens with zero attached hydrogens (tertiary/aromatic N) is 1. The van der Waals surface area contributed by atoms with Gasteiger partial charge in [0.1, 0.15) is 11.6 Å². The van der Waals surface area contributed by atoms with Gasteiger partial charge in [-0.1, -0.05) is 0 Å². The maximum Gasteiger partial charge on any atom is 0.231 e. The number of rotatable bonds is 2. The fraction of sp³-hybridized carbons (Fsp3) is 0.625. The van der Waals surface area contributed by atoms with E-state index in [9.17, 15) is 9.18 Å². The Kier molecular flexibility index (Phi) is 3.10. The summed E-state index contributed by atoms with van der Waals surface area (Å²) in [6.45, 7) is 0. The number of aromatic nitrogens is 1. The topological polar surface area (TPSA) is 42.0 Å². The Morgan fingerprint density at radius 2 is 1.81 bits per heavy atom. The summed E-state index contributed by atoms with van der Waals surface area (Å²) < 4.78 is 13.6. The molecule has 0 atom stereocenters. The van der Waals surface area contributed by atoms with Gasteiger partial charge in [-0.05, 0) is 78.3 Å². The van der Waals surface area contributed by atoms with Crippen LogP contribution in [-0.4, -0.2) is 10.9 Å². The molecule has 4 fully saturated rings. The van der Waals surface area contributed by atoms with Crippen LogP contribution in [0.15, 0.2) is 16.7 Å². The summed E-state index contributed by atoms with van der Waals surface area (Å²) in [4.78, 5) is 16.8. The first-order valence-corrected chi connectivity index (χ1v) is 8.46. The molecule has 112 valence electrons. The number of amides is 1. The lowest BCUT2D eigenvalue weighted by Gasteiger charge is -2.55. The molecule has 3 nitrogen and oxygen atoms in total. The molecule has 1 aromatic heterocycles. The van der Waals surface area contributed by atoms with E-state index in [0.29, 0.717) is 10.3 Å². The minimum absolute atomic E-state index is 0.0846. The van der Waals surface area contributed by atoms with Crippen molar-refractivity contribution in [2.45, 2.75) is 38.5 Å². The van der Waals surface area contributed by atoms with Crippen molar-refractivity contribution in [3.63, 3.8) is 0 Å². The summed E-state index contributed by atoms with van der Waals surface area (Å²) >= 11 is 3.27. The minimum Gasteiger partial charge on any atom is -0.309 e. The van der Waals surface area contributed by atoms with Crippen molar-refractivity contribution < 1.29 is 9.18 Å². The molecule has 0 radical (unpaired) electrons. The number of halogens is 2. The van der Waals surface area contributed by atoms with Gasteiger partial charge < -0.3 is 5.32 Å². The summed E-state index contributed by atoms with van der Waals surface area (Å²) in [7, 11) is 0. The molecule has 4 aliphatic carbocycles. The maximum atomic E-state index is 13.1. The van der Waals surface area contributed by atoms with Crippen LogP contribution in [0, 0.1) is 29.0 Å². The highest BCUT2D eigenvalue weighted by Crippen LogP contribution is 2.60. The van der Waals surface area contributed by atoms with Crippen molar-refractivity contribution in [3.8, 4) is 0 Å². The largest absolute Gasteiger partial charge is 0.309 e. The zero-order valence-corrected chi connectivity index (χ0v) is 13.3. The number of anilines is 1. The van der Waals surface area contributed by atoms with Crippen LogP contribution in [0.2, 0.25) is 0 Å². The quantitative estimate of drug-likeness (QED) is 0.868. The second-order valence-electron chi connectivity index (χ2n) is 7.14. The summed E-state index contributed by atoms with van der Waals surface area (Å²) in [6, 6.07) is 1.34. The van der Waals surface area contributed by atoms with Gasteiger partial charge in [0, 0.05) is 0 Å². The van der Waals surface area contributed by atoms with Crippen LogP contribution in [0.25, 0.3) is 0 Å². The average molecular weight is 353 g/mol. The lowest BCUT2D eigenvalue weighted by molar-refractivity contribution is -0.140. The molecular formula is C16H18BrFN2O. The van der Waals surface area contributed by atoms with Gasteiger partial charge >= 0.3 is 0 Å². The van der Waals surface area contributed by atoms with Crippen LogP contribution >= 0.6 is 15.9 Å². The van der Waals surface area contributed by atoms with Crippen LogP contribution in [0.5, 0.6) is 0 Å². The smallest absolute Gasteiger partial charge is 0.231 e. The fourth-order valence-corrected chi connectivity index (χ4v) is 5.56. The molecule has 0 saturated heterocycles. The molecule has 4 bridgehead atoms. The van der Waals surface area contributed by atoms with Crippen molar-refractivity contribution in [3.05, 3.63) is 22.6 Å². The van der Waals surface area contributed by atoms with E-state index >= 15 is 0 Å². The second-order valence-corrected chi connectivity index (χ2v) is 7.99. The fourth-order valence-electron chi connectivity index (χ4n) is 5.14. The third kappa shape index (κ3) is 2.30. The zero-order chi connectivity index (χ0) is 14.6. The number of hydrogen-bond donors (Lipinski definition) is 1. The Balaban J connectivity index is 1.57. The Morgan fingerprint density at radius 1 is 1.24 bits per heavy atom. The van der Waals surface area contributed by atoms with Gasteiger partial charge in [-0.2, -0.15) is 0 Å². The van der Waals surface area contributed by atoms with Crippen LogP contribution in [0.1, 0.15) is 38.5 Å². The predicted molar refractivity (Wildman–Crippen MR) is 81.1 cm³/mol. The summed E-state index contributed by atoms with van der Waals surface area (Å²) in [6.07, 6.45) is 8.12. The lowest BCUT2D eigenvalue weighted by atomic mass is 9.49. The van der Waals surface area contributed by atoms with Crippen molar-refractivity contribution in [2.24, 2.45) is 23.2 Å². The van der Waals surface area contributed by atoms with Gasteiger partial charge in [-0.3, -0.25) is 4.79 Å². The van der Waals surface area contributed by atoms with Crippen molar-refractivity contribution in [1.29, 1.82) is 0 Å². The molecule has 0 unspecified atom stereocenters. The van der Waals surface area contributed by atoms with E-state index in [1.54, 1.807) is 0 Å². The molecule has 1 amide bonds. The van der Waals surface area contributed by atoms with Gasteiger partial charge in [-0.25, -0.2) is 9.37 Å². The zero-order valence-electron chi connectivity index (χ0n) is 11.7. The first-order valence-electron chi connectivity index (χ1n) is 7.66. The Hall–Kier alpha value is -0.970. The number of nitrogens with one attached hydrogen (secondary N) is 1. The summed E-state index contributed by atoms with van der Waals surface area (Å²) in [5.74, 6) is 2.29. The van der Waals surface area contributed by atoms with Gasteiger partial charge in [-0.15, -0.1) is 0 Å². The Morgan fingerprint density at radius 3 is 2.33 bits per heavy atom. The molecule has 4 saturated carbocycles. The second kappa shape index (κ2) is 4.77. The maximum absolute atomic E-state index is 13.1. The predicted octanol–water partition coefficient (Wildman–Crippen LogP) is 4.14. The number of carbonyl (C=O) groups is 1. The molecule has 21 heavy (non-hydrogen) atoms. The SMILES string of the molecule is O=C(Nc1ncc(F)cc1Br)C12CC3CC(CC(C3)C1)C2. The third-order valence-electron chi connectivity index (χ3n) is 5.56. The normalized spacial score (nSPS) is 36.8. The van der Waals surface area contributed by atoms with E-state index in [1.165, 1.54) is 25.3 Å². The monoisotopic (exact) mass is 352 g/mol. The Labute approximate surface area is 131 Å². The van der Waals surface area contributed by atoms with Crippen molar-refractivity contribution in [2.75, 3.05) is 5.32 Å². The number of pyridine rings is 1. The molecule has 0 spiro atoms. The first kappa shape index (κ1) is 13.7. The van der Waals surface area contributed by atoms with E-state index < -0.39 is 5.82 Å². The molecule has 5 heteroatoms. The molecule has 5 rings (SSSR count). The van der Waals surface area contributed by atoms with Gasteiger partial charge in [0.2, 0.25) is 5.91 Å². The Bertz CT molecular complexity index is 569. The molecular weight excluding hydrogens is 335 g/mol. The van der Waals surface area contributed by atoms with Crippen LogP contribution in [0.3, 0.4) is 0 Å². The van der Waals surface area contributed by atoms with Crippen LogP contribution in [-0.2, 0) is 4.79 Å². The van der Waals surface area contributed by atoms with E-state index in [4.69, 9.17) is 0 Å². The minimum atomic E-state index is -0.408. The van der Waals surface area contributed by atoms with Crippen LogP contribution < -0.4 is 5.32 Å². The number of hydrogen-bond acceptors (Lipinski definition) is 2. The standard InChI is InChI=1S/C16H18BrFN2O/c17-13-4-12(18)8-19-14(13)20-15(21)16-5-9-1-10(6-16)3-11(2-9)7-16/h4,8-11H,1-3,5-7H2,(H,19,20,21). The first-order chi connectivity index (χ1) is 10.0. The summed E-state index contributed by atoms with van der Waals surface area (Å²) in [5, 5.41) is 2.93. The molecule has 1 N–H and O–H groups in total. The van der Waals surface area contributed by atoms with Crippen molar-refractivity contribution in [1.82, 2.24) is 4.98 Å². The molecule has 4 aliphatic rings. The van der Waals surface area contributed by atoms with E-state index in [0.717, 1.165) is 43.2 Å².